The topological polar surface area (TPSA) is 110 Å². The van der Waals surface area contributed by atoms with E-state index in [0.717, 1.165) is 5.56 Å². The Labute approximate surface area is 174 Å². The zero-order valence-electron chi connectivity index (χ0n) is 16.0. The summed E-state index contributed by atoms with van der Waals surface area (Å²) in [7, 11) is -1.22. The lowest BCUT2D eigenvalue weighted by molar-refractivity contribution is -0.385. The van der Waals surface area contributed by atoms with E-state index < -0.39 is 13.2 Å². The summed E-state index contributed by atoms with van der Waals surface area (Å²) in [5, 5.41) is 11.6. The molecule has 2 unspecified atom stereocenters. The van der Waals surface area contributed by atoms with Gasteiger partial charge < -0.3 is 14.0 Å². The molecule has 2 aromatic carbocycles. The van der Waals surface area contributed by atoms with Crippen molar-refractivity contribution in [1.29, 1.82) is 0 Å². The Morgan fingerprint density at radius 2 is 2.07 bits per heavy atom. The van der Waals surface area contributed by atoms with Gasteiger partial charge in [-0.15, -0.1) is 0 Å². The van der Waals surface area contributed by atoms with Gasteiger partial charge in [-0.05, 0) is 23.8 Å². The molecule has 0 aliphatic carbocycles. The molecule has 1 aliphatic heterocycles. The number of nitrogens with two attached hydrogens (primary N) is 1. The molecule has 154 valence electrons. The molecule has 0 amide bonds. The molecule has 4 rings (SSSR count). The largest absolute Gasteiger partial charge is 0.493 e. The van der Waals surface area contributed by atoms with E-state index in [1.165, 1.54) is 12.3 Å². The summed E-state index contributed by atoms with van der Waals surface area (Å²) in [6.07, 6.45) is 3.98. The van der Waals surface area contributed by atoms with Gasteiger partial charge in [0.05, 0.1) is 29.9 Å². The summed E-state index contributed by atoms with van der Waals surface area (Å²) in [4.78, 5) is 15.1. The lowest BCUT2D eigenvalue weighted by Crippen LogP contribution is -2.17. The molecule has 2 heterocycles. The Balaban J connectivity index is 1.59. The van der Waals surface area contributed by atoms with Crippen LogP contribution in [0.2, 0.25) is 0 Å². The number of hydrogen-bond donors (Lipinski definition) is 1. The minimum absolute atomic E-state index is 0.107. The van der Waals surface area contributed by atoms with E-state index in [1.807, 2.05) is 30.3 Å². The smallest absolute Gasteiger partial charge is 0.315 e. The minimum atomic E-state index is -1.22. The molecule has 0 fully saturated rings. The van der Waals surface area contributed by atoms with Crippen LogP contribution in [0.3, 0.4) is 0 Å². The highest BCUT2D eigenvalue weighted by Gasteiger charge is 2.30. The second-order valence-corrected chi connectivity index (χ2v) is 8.06. The van der Waals surface area contributed by atoms with Crippen molar-refractivity contribution in [2.24, 2.45) is 5.50 Å². The number of rotatable bonds is 7. The molecule has 9 heteroatoms. The molecule has 0 saturated carbocycles. The van der Waals surface area contributed by atoms with E-state index in [4.69, 9.17) is 19.5 Å². The van der Waals surface area contributed by atoms with Crippen molar-refractivity contribution in [3.05, 3.63) is 88.2 Å². The monoisotopic (exact) mass is 425 g/mol. The van der Waals surface area contributed by atoms with Crippen LogP contribution in [0.1, 0.15) is 23.7 Å². The van der Waals surface area contributed by atoms with Gasteiger partial charge in [-0.1, -0.05) is 30.3 Å². The first kappa shape index (κ1) is 20.2. The van der Waals surface area contributed by atoms with Gasteiger partial charge in [0.2, 0.25) is 5.75 Å². The van der Waals surface area contributed by atoms with Crippen LogP contribution >= 0.6 is 8.30 Å². The van der Waals surface area contributed by atoms with E-state index in [9.17, 15) is 10.1 Å². The number of nitro groups is 1. The van der Waals surface area contributed by atoms with Crippen LogP contribution in [0.4, 0.5) is 5.69 Å². The third-order valence-corrected chi connectivity index (χ3v) is 5.78. The van der Waals surface area contributed by atoms with Crippen LogP contribution in [0.25, 0.3) is 0 Å². The Morgan fingerprint density at radius 1 is 1.23 bits per heavy atom. The number of pyridine rings is 1. The average molecular weight is 425 g/mol. The fourth-order valence-electron chi connectivity index (χ4n) is 3.21. The molecule has 3 aromatic rings. The van der Waals surface area contributed by atoms with Crippen LogP contribution in [0, 0.1) is 10.1 Å². The molecule has 0 bridgehead atoms. The van der Waals surface area contributed by atoms with Crippen molar-refractivity contribution in [3.8, 4) is 17.2 Å². The number of nitrogens with zero attached hydrogens (tertiary/aromatic N) is 2. The zero-order valence-corrected chi connectivity index (χ0v) is 16.9. The van der Waals surface area contributed by atoms with Crippen LogP contribution in [-0.2, 0) is 10.7 Å². The summed E-state index contributed by atoms with van der Waals surface area (Å²) in [6.45, 7) is 0.395. The average Bonchev–Trinajstić information content (AvgIpc) is 2.75. The molecule has 2 atom stereocenters. The number of ether oxygens (including phenoxy) is 2. The van der Waals surface area contributed by atoms with Crippen molar-refractivity contribution < 1.29 is 18.9 Å². The maximum Gasteiger partial charge on any atom is 0.315 e. The van der Waals surface area contributed by atoms with Gasteiger partial charge in [0.15, 0.2) is 0 Å². The van der Waals surface area contributed by atoms with Crippen molar-refractivity contribution in [3.63, 3.8) is 0 Å². The van der Waals surface area contributed by atoms with Gasteiger partial charge in [-0.3, -0.25) is 20.6 Å². The second kappa shape index (κ2) is 9.17. The minimum Gasteiger partial charge on any atom is -0.493 e. The Hall–Kier alpha value is -3.06. The summed E-state index contributed by atoms with van der Waals surface area (Å²) < 4.78 is 17.6. The lowest BCUT2D eigenvalue weighted by atomic mass is 10.0. The predicted molar refractivity (Wildman–Crippen MR) is 113 cm³/mol. The van der Waals surface area contributed by atoms with E-state index >= 15 is 0 Å². The number of hydrogen-bond acceptors (Lipinski definition) is 7. The summed E-state index contributed by atoms with van der Waals surface area (Å²) in [6, 6.07) is 16.3. The summed E-state index contributed by atoms with van der Waals surface area (Å²) in [5.74, 6) is 0.926. The van der Waals surface area contributed by atoms with E-state index in [2.05, 4.69) is 4.98 Å². The molecule has 0 spiro atoms. The third kappa shape index (κ3) is 4.74. The standard InChI is InChI=1S/C21H20N3O5P/c22-30(14-15-5-2-1-3-6-15)29-19-8-10-27-20-12-18(24(25)26)21(11-17(19)20)28-16-7-4-9-23-13-16/h1-7,9,11-13,19H,8,10,14,22H2. The Kier molecular flexibility index (Phi) is 6.18. The van der Waals surface area contributed by atoms with Crippen LogP contribution < -0.4 is 15.0 Å². The number of nitro benzene ring substituents is 1. The SMILES string of the molecule is NP(Cc1ccccc1)OC1CCOc2cc([N+](=O)[O-])c(Oc3cccnc3)cc21. The van der Waals surface area contributed by atoms with Crippen molar-refractivity contribution in [1.82, 2.24) is 4.98 Å². The number of benzene rings is 2. The van der Waals surface area contributed by atoms with E-state index in [-0.39, 0.29) is 17.5 Å². The van der Waals surface area contributed by atoms with Gasteiger partial charge in [-0.2, -0.15) is 0 Å². The Bertz CT molecular complexity index is 1020. The molecule has 30 heavy (non-hydrogen) atoms. The predicted octanol–water partition coefficient (Wildman–Crippen LogP) is 5.09. The highest BCUT2D eigenvalue weighted by Crippen LogP contribution is 2.47. The molecule has 0 saturated heterocycles. The number of fused-ring (bicyclic) bond motifs is 1. The van der Waals surface area contributed by atoms with E-state index in [0.29, 0.717) is 36.3 Å². The molecular weight excluding hydrogens is 405 g/mol. The lowest BCUT2D eigenvalue weighted by Gasteiger charge is -2.28. The third-order valence-electron chi connectivity index (χ3n) is 4.58. The van der Waals surface area contributed by atoms with Gasteiger partial charge in [0.1, 0.15) is 19.8 Å². The van der Waals surface area contributed by atoms with Crippen LogP contribution in [0.5, 0.6) is 17.2 Å². The summed E-state index contributed by atoms with van der Waals surface area (Å²) >= 11 is 0. The maximum atomic E-state index is 11.6. The molecular formula is C21H20N3O5P. The highest BCUT2D eigenvalue weighted by molar-refractivity contribution is 7.49. The summed E-state index contributed by atoms with van der Waals surface area (Å²) in [5.41, 5.74) is 7.90. The fraction of sp³-hybridized carbons (Fsp3) is 0.190. The van der Waals surface area contributed by atoms with Gasteiger partial charge in [-0.25, -0.2) is 0 Å². The molecule has 2 N–H and O–H groups in total. The van der Waals surface area contributed by atoms with Gasteiger partial charge >= 0.3 is 5.69 Å². The van der Waals surface area contributed by atoms with Gasteiger partial charge in [0, 0.05) is 24.3 Å². The highest BCUT2D eigenvalue weighted by atomic mass is 31.2. The number of aromatic nitrogens is 1. The molecule has 8 nitrogen and oxygen atoms in total. The Morgan fingerprint density at radius 3 is 2.80 bits per heavy atom. The zero-order chi connectivity index (χ0) is 20.9. The van der Waals surface area contributed by atoms with Crippen molar-refractivity contribution >= 4 is 14.0 Å². The first-order valence-electron chi connectivity index (χ1n) is 9.36. The van der Waals surface area contributed by atoms with Gasteiger partial charge in [0.25, 0.3) is 0 Å². The van der Waals surface area contributed by atoms with Crippen molar-refractivity contribution in [2.45, 2.75) is 18.7 Å². The second-order valence-electron chi connectivity index (χ2n) is 6.70. The maximum absolute atomic E-state index is 11.6. The van der Waals surface area contributed by atoms with Crippen molar-refractivity contribution in [2.75, 3.05) is 6.61 Å². The normalized spacial score (nSPS) is 16.2. The fourth-order valence-corrected chi connectivity index (χ4v) is 4.40. The van der Waals surface area contributed by atoms with E-state index in [1.54, 1.807) is 24.4 Å². The van der Waals surface area contributed by atoms with Crippen LogP contribution in [-0.4, -0.2) is 16.5 Å². The molecule has 1 aliphatic rings. The molecule has 0 radical (unpaired) electrons. The quantitative estimate of drug-likeness (QED) is 0.319. The molecule has 1 aromatic heterocycles. The first-order valence-corrected chi connectivity index (χ1v) is 10.9. The van der Waals surface area contributed by atoms with Crippen LogP contribution in [0.15, 0.2) is 67.0 Å². The first-order chi connectivity index (χ1) is 14.6.